The normalized spacial score (nSPS) is 12.0. The maximum Gasteiger partial charge on any atom is 0.0897 e. The van der Waals surface area contributed by atoms with Crippen molar-refractivity contribution in [1.82, 2.24) is 4.98 Å². The van der Waals surface area contributed by atoms with E-state index in [-0.39, 0.29) is 5.41 Å². The lowest BCUT2D eigenvalue weighted by molar-refractivity contribution is 0.299. The van der Waals surface area contributed by atoms with Crippen molar-refractivity contribution in [2.24, 2.45) is 5.41 Å². The topological polar surface area (TPSA) is 12.9 Å². The van der Waals surface area contributed by atoms with Crippen molar-refractivity contribution < 1.29 is 0 Å². The average Bonchev–Trinajstić information content (AvgIpc) is 2.61. The zero-order chi connectivity index (χ0) is 10.6. The molecule has 14 heavy (non-hydrogen) atoms. The molecule has 0 aliphatic rings. The molecule has 0 amide bonds. The van der Waals surface area contributed by atoms with Crippen molar-refractivity contribution in [3.63, 3.8) is 0 Å². The van der Waals surface area contributed by atoms with Gasteiger partial charge in [0.25, 0.3) is 0 Å². The van der Waals surface area contributed by atoms with Gasteiger partial charge in [0.2, 0.25) is 0 Å². The Morgan fingerprint density at radius 3 is 2.43 bits per heavy atom. The number of nitrogens with zero attached hydrogens (tertiary/aromatic N) is 1. The van der Waals surface area contributed by atoms with Crippen molar-refractivity contribution in [3.05, 3.63) is 16.1 Å². The highest BCUT2D eigenvalue weighted by Gasteiger charge is 2.26. The van der Waals surface area contributed by atoms with E-state index in [1.165, 1.54) is 5.69 Å². The second-order valence-electron chi connectivity index (χ2n) is 3.88. The van der Waals surface area contributed by atoms with Gasteiger partial charge in [-0.2, -0.15) is 0 Å². The lowest BCUT2D eigenvalue weighted by Crippen LogP contribution is -2.24. The van der Waals surface area contributed by atoms with E-state index >= 15 is 0 Å². The summed E-state index contributed by atoms with van der Waals surface area (Å²) in [6, 6.07) is 0. The number of halogens is 1. The first kappa shape index (κ1) is 12.0. The molecule has 0 atom stereocenters. The molecule has 0 bridgehead atoms. The summed E-state index contributed by atoms with van der Waals surface area (Å²) in [5.74, 6) is 0.733. The van der Waals surface area contributed by atoms with Gasteiger partial charge in [0.15, 0.2) is 0 Å². The van der Waals surface area contributed by atoms with E-state index < -0.39 is 0 Å². The van der Waals surface area contributed by atoms with Gasteiger partial charge in [0, 0.05) is 11.3 Å². The van der Waals surface area contributed by atoms with E-state index in [0.29, 0.717) is 0 Å². The fourth-order valence-electron chi connectivity index (χ4n) is 1.61. The Morgan fingerprint density at radius 1 is 1.43 bits per heavy atom. The Kier molecular flexibility index (Phi) is 4.39. The molecule has 0 aliphatic carbocycles. The number of aryl methyl sites for hydroxylation is 1. The number of thiazole rings is 1. The van der Waals surface area contributed by atoms with Gasteiger partial charge in [-0.3, -0.25) is 0 Å². The van der Waals surface area contributed by atoms with Crippen LogP contribution in [0.15, 0.2) is 5.38 Å². The molecule has 3 heteroatoms. The molecule has 1 heterocycles. The Balaban J connectivity index is 2.73. The number of hydrogen-bond donors (Lipinski definition) is 0. The predicted octanol–water partition coefficient (Wildman–Crippen LogP) is 4.04. The van der Waals surface area contributed by atoms with E-state index in [0.717, 1.165) is 30.2 Å². The van der Waals surface area contributed by atoms with Crippen LogP contribution in [0.5, 0.6) is 0 Å². The minimum Gasteiger partial charge on any atom is -0.247 e. The minimum atomic E-state index is 0.252. The quantitative estimate of drug-likeness (QED) is 0.697. The Labute approximate surface area is 95.5 Å². The van der Waals surface area contributed by atoms with Gasteiger partial charge in [-0.1, -0.05) is 13.8 Å². The first-order chi connectivity index (χ1) is 6.65. The van der Waals surface area contributed by atoms with Crippen LogP contribution in [0.1, 0.15) is 37.4 Å². The van der Waals surface area contributed by atoms with Crippen LogP contribution in [0.3, 0.4) is 0 Å². The number of alkyl halides is 1. The summed E-state index contributed by atoms with van der Waals surface area (Å²) in [7, 11) is 0. The van der Waals surface area contributed by atoms with Gasteiger partial charge in [-0.05, 0) is 31.6 Å². The van der Waals surface area contributed by atoms with Gasteiger partial charge in [-0.15, -0.1) is 22.9 Å². The van der Waals surface area contributed by atoms with Crippen molar-refractivity contribution in [3.8, 4) is 0 Å². The minimum absolute atomic E-state index is 0.252. The van der Waals surface area contributed by atoms with Crippen LogP contribution in [0.25, 0.3) is 0 Å². The van der Waals surface area contributed by atoms with Crippen LogP contribution in [0.4, 0.5) is 0 Å². The smallest absolute Gasteiger partial charge is 0.0897 e. The molecular weight excluding hydrogens is 214 g/mol. The van der Waals surface area contributed by atoms with Gasteiger partial charge in [0.1, 0.15) is 0 Å². The lowest BCUT2D eigenvalue weighted by Gasteiger charge is -2.28. The number of aromatic nitrogens is 1. The molecule has 0 radical (unpaired) electrons. The highest BCUT2D eigenvalue weighted by molar-refractivity contribution is 7.09. The van der Waals surface area contributed by atoms with Gasteiger partial charge in [0.05, 0.1) is 10.7 Å². The van der Waals surface area contributed by atoms with Gasteiger partial charge in [-0.25, -0.2) is 4.98 Å². The highest BCUT2D eigenvalue weighted by Crippen LogP contribution is 2.32. The van der Waals surface area contributed by atoms with E-state index in [1.54, 1.807) is 11.3 Å². The molecule has 0 aromatic carbocycles. The lowest BCUT2D eigenvalue weighted by atomic mass is 9.80. The molecule has 80 valence electrons. The summed E-state index contributed by atoms with van der Waals surface area (Å²) in [4.78, 5) is 4.50. The van der Waals surface area contributed by atoms with Crippen molar-refractivity contribution in [2.75, 3.05) is 5.88 Å². The van der Waals surface area contributed by atoms with Crippen molar-refractivity contribution >= 4 is 22.9 Å². The third-order valence-electron chi connectivity index (χ3n) is 3.01. The SMILES string of the molecule is CCC(CC)(CCl)Cc1csc(C)n1. The fourth-order valence-corrected chi connectivity index (χ4v) is 2.69. The largest absolute Gasteiger partial charge is 0.247 e. The van der Waals surface area contributed by atoms with Gasteiger partial charge >= 0.3 is 0 Å². The second-order valence-corrected chi connectivity index (χ2v) is 5.20. The molecule has 1 aromatic rings. The predicted molar refractivity (Wildman–Crippen MR) is 64.3 cm³/mol. The van der Waals surface area contributed by atoms with E-state index in [2.05, 4.69) is 31.1 Å². The molecule has 0 saturated heterocycles. The van der Waals surface area contributed by atoms with Crippen molar-refractivity contribution in [2.45, 2.75) is 40.0 Å². The van der Waals surface area contributed by atoms with Crippen LogP contribution in [0, 0.1) is 12.3 Å². The first-order valence-corrected chi connectivity index (χ1v) is 6.54. The molecule has 1 aromatic heterocycles. The molecule has 0 saturated carbocycles. The van der Waals surface area contributed by atoms with E-state index in [9.17, 15) is 0 Å². The maximum atomic E-state index is 6.06. The van der Waals surface area contributed by atoms with Crippen LogP contribution in [0.2, 0.25) is 0 Å². The van der Waals surface area contributed by atoms with Crippen molar-refractivity contribution in [1.29, 1.82) is 0 Å². The van der Waals surface area contributed by atoms with Crippen LogP contribution < -0.4 is 0 Å². The molecular formula is C11H18ClNS. The maximum absolute atomic E-state index is 6.06. The molecule has 1 nitrogen and oxygen atoms in total. The summed E-state index contributed by atoms with van der Waals surface area (Å²) >= 11 is 7.78. The monoisotopic (exact) mass is 231 g/mol. The van der Waals surface area contributed by atoms with E-state index in [1.807, 2.05) is 0 Å². The number of hydrogen-bond acceptors (Lipinski definition) is 2. The Morgan fingerprint density at radius 2 is 2.07 bits per heavy atom. The Bertz CT molecular complexity index is 270. The third kappa shape index (κ3) is 2.71. The second kappa shape index (κ2) is 5.13. The zero-order valence-electron chi connectivity index (χ0n) is 9.14. The zero-order valence-corrected chi connectivity index (χ0v) is 10.7. The summed E-state index contributed by atoms with van der Waals surface area (Å²) in [5.41, 5.74) is 1.46. The fraction of sp³-hybridized carbons (Fsp3) is 0.727. The molecule has 0 N–H and O–H groups in total. The van der Waals surface area contributed by atoms with E-state index in [4.69, 9.17) is 11.6 Å². The molecule has 0 fully saturated rings. The van der Waals surface area contributed by atoms with Crippen LogP contribution in [-0.4, -0.2) is 10.9 Å². The van der Waals surface area contributed by atoms with Crippen LogP contribution >= 0.6 is 22.9 Å². The summed E-state index contributed by atoms with van der Waals surface area (Å²) < 4.78 is 0. The molecule has 0 aliphatic heterocycles. The molecule has 1 rings (SSSR count). The summed E-state index contributed by atoms with van der Waals surface area (Å²) in [5, 5.41) is 3.30. The van der Waals surface area contributed by atoms with Crippen LogP contribution in [-0.2, 0) is 6.42 Å². The molecule has 0 spiro atoms. The highest BCUT2D eigenvalue weighted by atomic mass is 35.5. The first-order valence-electron chi connectivity index (χ1n) is 5.12. The summed E-state index contributed by atoms with van der Waals surface area (Å²) in [6.07, 6.45) is 3.28. The van der Waals surface area contributed by atoms with Gasteiger partial charge < -0.3 is 0 Å². The Hall–Kier alpha value is -0.0800. The number of rotatable bonds is 5. The molecule has 0 unspecified atom stereocenters. The third-order valence-corrected chi connectivity index (χ3v) is 4.40. The standard InChI is InChI=1S/C11H18ClNS/c1-4-11(5-2,8-12)6-10-7-14-9(3)13-10/h7H,4-6,8H2,1-3H3. The summed E-state index contributed by atoms with van der Waals surface area (Å²) in [6.45, 7) is 6.48. The average molecular weight is 232 g/mol.